The van der Waals surface area contributed by atoms with Crippen LogP contribution in [0.15, 0.2) is 84.9 Å². The molecule has 0 heterocycles. The fraction of sp³-hybridized carbons (Fsp3) is 0.152. The number of nitrogens with zero attached hydrogens (tertiary/aromatic N) is 2. The Morgan fingerprint density at radius 1 is 0.778 bits per heavy atom. The van der Waals surface area contributed by atoms with Gasteiger partial charge in [-0.3, -0.25) is 14.9 Å². The second-order valence-corrected chi connectivity index (χ2v) is 10.4. The Morgan fingerprint density at radius 3 is 2.04 bits per heavy atom. The molecule has 0 spiro atoms. The van der Waals surface area contributed by atoms with Gasteiger partial charge in [0.1, 0.15) is 11.5 Å². The molecule has 4 aromatic carbocycles. The van der Waals surface area contributed by atoms with Crippen molar-refractivity contribution in [2.75, 3.05) is 0 Å². The maximum Gasteiger partial charge on any atom is 0.336 e. The van der Waals surface area contributed by atoms with Crippen LogP contribution in [0.1, 0.15) is 77.0 Å². The number of fused-ring (bicyclic) bond motifs is 1. The van der Waals surface area contributed by atoms with Crippen LogP contribution >= 0.6 is 0 Å². The molecule has 12 nitrogen and oxygen atoms in total. The number of rotatable bonds is 10. The Labute approximate surface area is 255 Å². The van der Waals surface area contributed by atoms with Crippen molar-refractivity contribution in [3.63, 3.8) is 0 Å². The summed E-state index contributed by atoms with van der Waals surface area (Å²) in [6.07, 6.45) is 2.06. The van der Waals surface area contributed by atoms with Crippen molar-refractivity contribution in [2.45, 2.75) is 31.8 Å². The zero-order valence-electron chi connectivity index (χ0n) is 23.6. The highest BCUT2D eigenvalue weighted by molar-refractivity contribution is 6.10. The van der Waals surface area contributed by atoms with E-state index in [-0.39, 0.29) is 12.2 Å². The van der Waals surface area contributed by atoms with Crippen molar-refractivity contribution in [1.82, 2.24) is 4.90 Å². The highest BCUT2D eigenvalue weighted by atomic mass is 16.6. The molecule has 0 bridgehead atoms. The lowest BCUT2D eigenvalue weighted by Gasteiger charge is -2.36. The number of carbonyl (C=O) groups excluding carboxylic acids is 1. The van der Waals surface area contributed by atoms with Crippen LogP contribution in [0, 0.1) is 10.1 Å². The van der Waals surface area contributed by atoms with Gasteiger partial charge in [-0.05, 0) is 72.4 Å². The molecule has 0 aromatic heterocycles. The summed E-state index contributed by atoms with van der Waals surface area (Å²) in [6.45, 7) is -0.0303. The molecule has 1 aliphatic carbocycles. The molecule has 1 atom stereocenters. The van der Waals surface area contributed by atoms with Crippen LogP contribution in [-0.4, -0.2) is 49.0 Å². The number of carboxylic acid groups (broad SMARTS) is 3. The largest absolute Gasteiger partial charge is 0.478 e. The number of amides is 1. The number of non-ortho nitro benzene ring substituents is 1. The molecule has 0 fully saturated rings. The molecule has 0 saturated carbocycles. The molecule has 1 amide bonds. The lowest BCUT2D eigenvalue weighted by atomic mass is 9.86. The SMILES string of the molecule is O=C(O)c1cc(C(=O)O)c(C(=O)N(Cc2cccc(Oc3ccc([N+](=O)[O-])cc3)c2)[C@H]2CCCc3ccccc32)cc1C(=O)O. The van der Waals surface area contributed by atoms with Gasteiger partial charge in [0.05, 0.1) is 33.2 Å². The van der Waals surface area contributed by atoms with Gasteiger partial charge in [-0.2, -0.15) is 0 Å². The summed E-state index contributed by atoms with van der Waals surface area (Å²) in [4.78, 5) is 62.2. The van der Waals surface area contributed by atoms with Gasteiger partial charge in [0.25, 0.3) is 11.6 Å². The topological polar surface area (TPSA) is 185 Å². The quantitative estimate of drug-likeness (QED) is 0.138. The molecule has 228 valence electrons. The van der Waals surface area contributed by atoms with Gasteiger partial charge in [0.2, 0.25) is 0 Å². The van der Waals surface area contributed by atoms with Crippen molar-refractivity contribution in [1.29, 1.82) is 0 Å². The molecular weight excluding hydrogens is 584 g/mol. The first kappa shape index (κ1) is 30.4. The lowest BCUT2D eigenvalue weighted by Crippen LogP contribution is -2.37. The zero-order chi connectivity index (χ0) is 32.2. The minimum absolute atomic E-state index is 0.0303. The Bertz CT molecular complexity index is 1830. The summed E-state index contributed by atoms with van der Waals surface area (Å²) >= 11 is 0. The number of hydrogen-bond acceptors (Lipinski definition) is 7. The first-order valence-corrected chi connectivity index (χ1v) is 13.8. The first-order chi connectivity index (χ1) is 21.5. The van der Waals surface area contributed by atoms with Crippen molar-refractivity contribution < 1.29 is 44.2 Å². The molecule has 5 rings (SSSR count). The molecule has 0 saturated heterocycles. The molecule has 0 unspecified atom stereocenters. The number of hydrogen-bond donors (Lipinski definition) is 3. The van der Waals surface area contributed by atoms with Gasteiger partial charge in [0.15, 0.2) is 0 Å². The van der Waals surface area contributed by atoms with E-state index in [1.165, 1.54) is 29.2 Å². The molecule has 1 aliphatic rings. The third-order valence-corrected chi connectivity index (χ3v) is 7.59. The minimum atomic E-state index is -1.64. The van der Waals surface area contributed by atoms with E-state index in [4.69, 9.17) is 4.74 Å². The standard InChI is InChI=1S/C33H26N2O10/c36-30(25-16-27(32(39)40)28(33(41)42)17-26(25)31(37)38)34(29-10-4-7-20-6-1-2-9-24(20)29)18-19-5-3-8-23(15-19)45-22-13-11-21(12-14-22)35(43)44/h1-3,5-6,8-9,11-17,29H,4,7,10,18H2,(H,37,38)(H,39,40)(H,41,42)/t29-/m0/s1. The number of nitro groups is 1. The number of aromatic carboxylic acids is 3. The van der Waals surface area contributed by atoms with Gasteiger partial charge >= 0.3 is 17.9 Å². The highest BCUT2D eigenvalue weighted by Gasteiger charge is 2.33. The van der Waals surface area contributed by atoms with Crippen LogP contribution in [0.2, 0.25) is 0 Å². The second-order valence-electron chi connectivity index (χ2n) is 10.4. The molecule has 0 radical (unpaired) electrons. The van der Waals surface area contributed by atoms with Crippen LogP contribution < -0.4 is 4.74 Å². The van der Waals surface area contributed by atoms with Crippen LogP contribution in [0.5, 0.6) is 11.5 Å². The van der Waals surface area contributed by atoms with Crippen LogP contribution in [-0.2, 0) is 13.0 Å². The maximum absolute atomic E-state index is 14.3. The van der Waals surface area contributed by atoms with Crippen LogP contribution in [0.4, 0.5) is 5.69 Å². The number of carboxylic acids is 3. The fourth-order valence-corrected chi connectivity index (χ4v) is 5.51. The van der Waals surface area contributed by atoms with Gasteiger partial charge in [-0.1, -0.05) is 36.4 Å². The summed E-state index contributed by atoms with van der Waals surface area (Å²) in [5.74, 6) is -4.91. The third kappa shape index (κ3) is 6.49. The van der Waals surface area contributed by atoms with Crippen LogP contribution in [0.3, 0.4) is 0 Å². The molecular formula is C33H26N2O10. The van der Waals surface area contributed by atoms with Crippen molar-refractivity contribution >= 4 is 29.5 Å². The van der Waals surface area contributed by atoms with E-state index < -0.39 is 57.0 Å². The predicted octanol–water partition coefficient (Wildman–Crippen LogP) is 6.20. The Hall–Kier alpha value is -6.04. The average Bonchev–Trinajstić information content (AvgIpc) is 3.02. The monoisotopic (exact) mass is 610 g/mol. The number of ether oxygens (including phenoxy) is 1. The highest BCUT2D eigenvalue weighted by Crippen LogP contribution is 2.37. The zero-order valence-corrected chi connectivity index (χ0v) is 23.6. The second kappa shape index (κ2) is 12.7. The van der Waals surface area contributed by atoms with E-state index in [1.807, 2.05) is 24.3 Å². The van der Waals surface area contributed by atoms with Crippen molar-refractivity contribution in [3.05, 3.63) is 134 Å². The van der Waals surface area contributed by atoms with E-state index in [0.717, 1.165) is 30.0 Å². The summed E-state index contributed by atoms with van der Waals surface area (Å²) in [5, 5.41) is 40.2. The molecule has 12 heteroatoms. The number of benzene rings is 4. The summed E-state index contributed by atoms with van der Waals surface area (Å²) in [6, 6.07) is 20.9. The van der Waals surface area contributed by atoms with Gasteiger partial charge < -0.3 is 25.0 Å². The Balaban J connectivity index is 1.57. The van der Waals surface area contributed by atoms with Gasteiger partial charge in [-0.15, -0.1) is 0 Å². The molecule has 45 heavy (non-hydrogen) atoms. The summed E-state index contributed by atoms with van der Waals surface area (Å²) < 4.78 is 5.89. The molecule has 0 aliphatic heterocycles. The van der Waals surface area contributed by atoms with E-state index >= 15 is 0 Å². The van der Waals surface area contributed by atoms with Crippen molar-refractivity contribution in [2.24, 2.45) is 0 Å². The minimum Gasteiger partial charge on any atom is -0.478 e. The normalized spacial score (nSPS) is 13.7. The van der Waals surface area contributed by atoms with E-state index in [2.05, 4.69) is 0 Å². The van der Waals surface area contributed by atoms with E-state index in [1.54, 1.807) is 24.3 Å². The molecule has 4 aromatic rings. The Morgan fingerprint density at radius 2 is 1.40 bits per heavy atom. The smallest absolute Gasteiger partial charge is 0.336 e. The summed E-state index contributed by atoms with van der Waals surface area (Å²) in [7, 11) is 0. The summed E-state index contributed by atoms with van der Waals surface area (Å²) in [5.41, 5.74) is -0.150. The average molecular weight is 611 g/mol. The first-order valence-electron chi connectivity index (χ1n) is 13.8. The van der Waals surface area contributed by atoms with Gasteiger partial charge in [0, 0.05) is 18.7 Å². The van der Waals surface area contributed by atoms with Crippen LogP contribution in [0.25, 0.3) is 0 Å². The van der Waals surface area contributed by atoms with E-state index in [9.17, 15) is 44.6 Å². The fourth-order valence-electron chi connectivity index (χ4n) is 5.51. The van der Waals surface area contributed by atoms with Gasteiger partial charge in [-0.25, -0.2) is 14.4 Å². The predicted molar refractivity (Wildman–Crippen MR) is 159 cm³/mol. The molecule has 3 N–H and O–H groups in total. The number of nitro benzene ring substituents is 1. The maximum atomic E-state index is 14.3. The lowest BCUT2D eigenvalue weighted by molar-refractivity contribution is -0.384. The number of carbonyl (C=O) groups is 4. The van der Waals surface area contributed by atoms with E-state index in [0.29, 0.717) is 29.5 Å². The third-order valence-electron chi connectivity index (χ3n) is 7.59. The number of aryl methyl sites for hydroxylation is 1. The Kier molecular flexibility index (Phi) is 8.57. The van der Waals surface area contributed by atoms with Crippen molar-refractivity contribution in [3.8, 4) is 11.5 Å².